The first-order chi connectivity index (χ1) is 13.0. The van der Waals surface area contributed by atoms with Crippen LogP contribution in [0.2, 0.25) is 0 Å². The van der Waals surface area contributed by atoms with Gasteiger partial charge in [0.1, 0.15) is 0 Å². The number of hydrogen-bond donors (Lipinski definition) is 0. The Bertz CT molecular complexity index is 760. The number of carbonyl (C=O) groups is 1. The second-order valence-corrected chi connectivity index (χ2v) is 7.37. The molecule has 5 heteroatoms. The van der Waals surface area contributed by atoms with Crippen LogP contribution in [0.15, 0.2) is 54.6 Å². The van der Waals surface area contributed by atoms with Crippen molar-refractivity contribution in [3.63, 3.8) is 0 Å². The van der Waals surface area contributed by atoms with Crippen molar-refractivity contribution in [2.24, 2.45) is 0 Å². The summed E-state index contributed by atoms with van der Waals surface area (Å²) < 4.78 is 16.9. The average molecular weight is 369 g/mol. The fourth-order valence-corrected chi connectivity index (χ4v) is 3.61. The van der Waals surface area contributed by atoms with Crippen molar-refractivity contribution in [1.82, 2.24) is 4.90 Å². The molecule has 0 N–H and O–H groups in total. The lowest BCUT2D eigenvalue weighted by Crippen LogP contribution is -2.62. The van der Waals surface area contributed by atoms with Crippen LogP contribution < -0.4 is 9.47 Å². The molecule has 1 saturated heterocycles. The molecule has 1 atom stereocenters. The van der Waals surface area contributed by atoms with E-state index in [9.17, 15) is 4.79 Å². The van der Waals surface area contributed by atoms with Gasteiger partial charge in [-0.15, -0.1) is 0 Å². The number of ether oxygens (including phenoxy) is 3. The van der Waals surface area contributed by atoms with Gasteiger partial charge in [0.05, 0.1) is 31.9 Å². The Labute approximate surface area is 160 Å². The first-order valence-electron chi connectivity index (χ1n) is 9.21. The number of para-hydroxylation sites is 2. The monoisotopic (exact) mass is 369 g/mol. The Morgan fingerprint density at radius 2 is 1.78 bits per heavy atom. The highest BCUT2D eigenvalue weighted by Crippen LogP contribution is 2.28. The predicted molar refractivity (Wildman–Crippen MR) is 104 cm³/mol. The fraction of sp³-hybridized carbons (Fsp3) is 0.409. The van der Waals surface area contributed by atoms with E-state index in [2.05, 4.69) is 12.1 Å². The van der Waals surface area contributed by atoms with Crippen LogP contribution in [0.5, 0.6) is 11.5 Å². The van der Waals surface area contributed by atoms with Crippen molar-refractivity contribution in [1.29, 1.82) is 0 Å². The third kappa shape index (κ3) is 4.61. The molecule has 0 radical (unpaired) electrons. The number of nitrogens with zero attached hydrogens (tertiary/aromatic N) is 1. The van der Waals surface area contributed by atoms with Gasteiger partial charge in [0, 0.05) is 0 Å². The molecule has 0 spiro atoms. The number of hydrogen-bond acceptors (Lipinski definition) is 4. The van der Waals surface area contributed by atoms with E-state index in [4.69, 9.17) is 14.2 Å². The molecular formula is C22H27NO4. The molecular weight excluding hydrogens is 342 g/mol. The van der Waals surface area contributed by atoms with Crippen LogP contribution >= 0.6 is 0 Å². The van der Waals surface area contributed by atoms with E-state index in [0.717, 1.165) is 6.42 Å². The summed E-state index contributed by atoms with van der Waals surface area (Å²) in [4.78, 5) is 15.0. The molecule has 1 fully saturated rings. The van der Waals surface area contributed by atoms with Crippen molar-refractivity contribution in [2.45, 2.75) is 31.8 Å². The Kier molecular flexibility index (Phi) is 6.01. The second kappa shape index (κ2) is 8.44. The van der Waals surface area contributed by atoms with Gasteiger partial charge >= 0.3 is 0 Å². The van der Waals surface area contributed by atoms with Crippen LogP contribution in [0.3, 0.4) is 0 Å². The van der Waals surface area contributed by atoms with E-state index in [0.29, 0.717) is 24.7 Å². The van der Waals surface area contributed by atoms with Crippen molar-refractivity contribution in [3.05, 3.63) is 60.2 Å². The van der Waals surface area contributed by atoms with E-state index in [-0.39, 0.29) is 24.1 Å². The minimum Gasteiger partial charge on any atom is -0.493 e. The maximum Gasteiger partial charge on any atom is 0.261 e. The molecule has 3 rings (SSSR count). The average Bonchev–Trinajstić information content (AvgIpc) is 2.66. The molecule has 1 aliphatic rings. The van der Waals surface area contributed by atoms with E-state index < -0.39 is 0 Å². The Hall–Kier alpha value is -2.53. The zero-order valence-electron chi connectivity index (χ0n) is 16.2. The van der Waals surface area contributed by atoms with E-state index in [1.54, 1.807) is 13.2 Å². The minimum absolute atomic E-state index is 0.0232. The summed E-state index contributed by atoms with van der Waals surface area (Å²) >= 11 is 0. The zero-order valence-corrected chi connectivity index (χ0v) is 16.2. The van der Waals surface area contributed by atoms with E-state index in [1.165, 1.54) is 5.56 Å². The van der Waals surface area contributed by atoms with Crippen LogP contribution in [-0.2, 0) is 16.0 Å². The highest BCUT2D eigenvalue weighted by Gasteiger charge is 2.40. The lowest BCUT2D eigenvalue weighted by Gasteiger charge is -2.47. The van der Waals surface area contributed by atoms with Crippen LogP contribution in [-0.4, -0.2) is 49.3 Å². The quantitative estimate of drug-likeness (QED) is 0.784. The molecule has 27 heavy (non-hydrogen) atoms. The molecule has 0 aliphatic carbocycles. The summed E-state index contributed by atoms with van der Waals surface area (Å²) in [6.07, 6.45) is 0.755. The molecule has 144 valence electrons. The molecule has 0 aromatic heterocycles. The Morgan fingerprint density at radius 3 is 2.48 bits per heavy atom. The van der Waals surface area contributed by atoms with Crippen LogP contribution in [0.4, 0.5) is 0 Å². The van der Waals surface area contributed by atoms with Gasteiger partial charge in [0.15, 0.2) is 18.1 Å². The molecule has 0 saturated carbocycles. The number of carbonyl (C=O) groups excluding carboxylic acids is 1. The first kappa shape index (κ1) is 19.2. The minimum atomic E-state index is -0.390. The Morgan fingerprint density at radius 1 is 1.11 bits per heavy atom. The van der Waals surface area contributed by atoms with Gasteiger partial charge in [-0.2, -0.15) is 0 Å². The summed E-state index contributed by atoms with van der Waals surface area (Å²) in [5.74, 6) is 1.14. The highest BCUT2D eigenvalue weighted by atomic mass is 16.5. The van der Waals surface area contributed by atoms with Gasteiger partial charge in [-0.05, 0) is 38.0 Å². The largest absolute Gasteiger partial charge is 0.493 e. The highest BCUT2D eigenvalue weighted by molar-refractivity contribution is 5.79. The number of benzene rings is 2. The zero-order chi connectivity index (χ0) is 19.3. The summed E-state index contributed by atoms with van der Waals surface area (Å²) in [5, 5.41) is 0. The first-order valence-corrected chi connectivity index (χ1v) is 9.21. The molecule has 1 amide bonds. The van der Waals surface area contributed by atoms with Crippen molar-refractivity contribution < 1.29 is 19.0 Å². The van der Waals surface area contributed by atoms with Crippen LogP contribution in [0.25, 0.3) is 0 Å². The second-order valence-electron chi connectivity index (χ2n) is 7.37. The molecule has 2 aromatic carbocycles. The molecule has 1 heterocycles. The third-order valence-corrected chi connectivity index (χ3v) is 4.79. The van der Waals surface area contributed by atoms with Crippen molar-refractivity contribution >= 4 is 5.91 Å². The maximum absolute atomic E-state index is 13.1. The number of amides is 1. The smallest absolute Gasteiger partial charge is 0.261 e. The van der Waals surface area contributed by atoms with Crippen molar-refractivity contribution in [2.75, 3.05) is 26.9 Å². The summed E-state index contributed by atoms with van der Waals surface area (Å²) in [7, 11) is 1.59. The van der Waals surface area contributed by atoms with Gasteiger partial charge in [-0.1, -0.05) is 42.5 Å². The summed E-state index contributed by atoms with van der Waals surface area (Å²) in [5.41, 5.74) is 0.797. The molecule has 0 bridgehead atoms. The van der Waals surface area contributed by atoms with E-state index in [1.807, 2.05) is 55.1 Å². The predicted octanol–water partition coefficient (Wildman–Crippen LogP) is 3.32. The third-order valence-electron chi connectivity index (χ3n) is 4.79. The van der Waals surface area contributed by atoms with Crippen LogP contribution in [0.1, 0.15) is 19.4 Å². The van der Waals surface area contributed by atoms with Gasteiger partial charge in [0.25, 0.3) is 5.91 Å². The number of morpholine rings is 1. The van der Waals surface area contributed by atoms with Crippen molar-refractivity contribution in [3.8, 4) is 11.5 Å². The molecule has 5 nitrogen and oxygen atoms in total. The number of methoxy groups -OCH3 is 1. The normalized spacial score (nSPS) is 18.8. The Balaban J connectivity index is 1.73. The molecule has 2 aromatic rings. The summed E-state index contributed by atoms with van der Waals surface area (Å²) in [6.45, 7) is 5.07. The lowest BCUT2D eigenvalue weighted by atomic mass is 9.95. The van der Waals surface area contributed by atoms with Gasteiger partial charge in [-0.25, -0.2) is 0 Å². The number of rotatable bonds is 6. The van der Waals surface area contributed by atoms with Gasteiger partial charge in [0.2, 0.25) is 0 Å². The molecule has 1 unspecified atom stereocenters. The topological polar surface area (TPSA) is 48.0 Å². The maximum atomic E-state index is 13.1. The SMILES string of the molecule is COc1ccccc1OCC(=O)N1C(Cc2ccccc2)COCC1(C)C. The fourth-order valence-electron chi connectivity index (χ4n) is 3.61. The van der Waals surface area contributed by atoms with Gasteiger partial charge in [-0.3, -0.25) is 4.79 Å². The van der Waals surface area contributed by atoms with Gasteiger partial charge < -0.3 is 19.1 Å². The summed E-state index contributed by atoms with van der Waals surface area (Å²) in [6, 6.07) is 17.5. The lowest BCUT2D eigenvalue weighted by molar-refractivity contribution is -0.157. The molecule has 1 aliphatic heterocycles. The van der Waals surface area contributed by atoms with E-state index >= 15 is 0 Å². The van der Waals surface area contributed by atoms with Crippen LogP contribution in [0, 0.1) is 0 Å². The standard InChI is InChI=1S/C22H27NO4/c1-22(2)16-26-14-18(13-17-9-5-4-6-10-17)23(22)21(24)15-27-20-12-8-7-11-19(20)25-3/h4-12,18H,13-16H2,1-3H3.